The number of tetrazole rings is 1. The van der Waals surface area contributed by atoms with Gasteiger partial charge in [-0.1, -0.05) is 37.1 Å². The molecule has 0 N–H and O–H groups in total. The van der Waals surface area contributed by atoms with Crippen molar-refractivity contribution in [3.05, 3.63) is 46.2 Å². The van der Waals surface area contributed by atoms with Crippen molar-refractivity contribution in [2.45, 2.75) is 39.3 Å². The van der Waals surface area contributed by atoms with Crippen LogP contribution in [-0.2, 0) is 29.1 Å². The fourth-order valence-corrected chi connectivity index (χ4v) is 3.22. The molecule has 136 valence electrons. The van der Waals surface area contributed by atoms with E-state index in [1.54, 1.807) is 4.68 Å². The third kappa shape index (κ3) is 4.86. The number of thiazole rings is 1. The number of benzene rings is 1. The zero-order valence-electron chi connectivity index (χ0n) is 14.3. The molecule has 0 aliphatic heterocycles. The van der Waals surface area contributed by atoms with Crippen molar-refractivity contribution in [2.24, 2.45) is 0 Å². The number of ether oxygens (including phenoxy) is 1. The van der Waals surface area contributed by atoms with Crippen LogP contribution >= 0.6 is 22.9 Å². The van der Waals surface area contributed by atoms with Crippen LogP contribution in [0.5, 0.6) is 0 Å². The summed E-state index contributed by atoms with van der Waals surface area (Å²) in [7, 11) is 0. The van der Waals surface area contributed by atoms with Gasteiger partial charge in [-0.3, -0.25) is 4.79 Å². The molecular formula is C17H18ClN5O2S. The Morgan fingerprint density at radius 2 is 2.12 bits per heavy atom. The Hall–Kier alpha value is -2.32. The minimum Gasteiger partial charge on any atom is -0.457 e. The molecule has 2 heterocycles. The quantitative estimate of drug-likeness (QED) is 0.546. The molecule has 0 aliphatic rings. The summed E-state index contributed by atoms with van der Waals surface area (Å²) in [6.07, 6.45) is 2.12. The SMILES string of the molecule is CCCCn1nnnc1COC(=O)Cc1csc(-c2ccc(Cl)cc2)n1. The Morgan fingerprint density at radius 1 is 1.31 bits per heavy atom. The molecule has 7 nitrogen and oxygen atoms in total. The Morgan fingerprint density at radius 3 is 2.88 bits per heavy atom. The number of esters is 1. The highest BCUT2D eigenvalue weighted by atomic mass is 35.5. The van der Waals surface area contributed by atoms with E-state index < -0.39 is 0 Å². The van der Waals surface area contributed by atoms with E-state index >= 15 is 0 Å². The van der Waals surface area contributed by atoms with Gasteiger partial charge in [0, 0.05) is 22.5 Å². The van der Waals surface area contributed by atoms with Crippen LogP contribution in [0.1, 0.15) is 31.3 Å². The molecule has 0 saturated heterocycles. The predicted octanol–water partition coefficient (Wildman–Crippen LogP) is 3.54. The average molecular weight is 392 g/mol. The molecule has 1 aromatic carbocycles. The van der Waals surface area contributed by atoms with Crippen LogP contribution < -0.4 is 0 Å². The molecule has 0 saturated carbocycles. The number of carbonyl (C=O) groups is 1. The van der Waals surface area contributed by atoms with Gasteiger partial charge in [0.25, 0.3) is 0 Å². The van der Waals surface area contributed by atoms with Crippen molar-refractivity contribution < 1.29 is 9.53 Å². The molecule has 2 aromatic heterocycles. The summed E-state index contributed by atoms with van der Waals surface area (Å²) in [5.74, 6) is 0.190. The Balaban J connectivity index is 1.54. The number of aromatic nitrogens is 5. The van der Waals surface area contributed by atoms with Crippen molar-refractivity contribution >= 4 is 28.9 Å². The molecule has 0 unspecified atom stereocenters. The minimum absolute atomic E-state index is 0.0593. The number of rotatable bonds is 8. The summed E-state index contributed by atoms with van der Waals surface area (Å²) in [6, 6.07) is 7.43. The van der Waals surface area contributed by atoms with Gasteiger partial charge in [-0.2, -0.15) is 0 Å². The first-order chi connectivity index (χ1) is 12.7. The molecule has 3 rings (SSSR count). The lowest BCUT2D eigenvalue weighted by molar-refractivity contribution is -0.144. The van der Waals surface area contributed by atoms with Crippen LogP contribution in [-0.4, -0.2) is 31.2 Å². The first-order valence-electron chi connectivity index (χ1n) is 8.26. The minimum atomic E-state index is -0.358. The first-order valence-corrected chi connectivity index (χ1v) is 9.52. The Labute approximate surface area is 160 Å². The van der Waals surface area contributed by atoms with Gasteiger partial charge in [0.2, 0.25) is 0 Å². The maximum absolute atomic E-state index is 12.1. The highest BCUT2D eigenvalue weighted by Gasteiger charge is 2.13. The number of unbranched alkanes of at least 4 members (excludes halogenated alkanes) is 1. The van der Waals surface area contributed by atoms with Crippen LogP contribution in [0, 0.1) is 0 Å². The molecule has 0 spiro atoms. The third-order valence-corrected chi connectivity index (χ3v) is 4.85. The smallest absolute Gasteiger partial charge is 0.312 e. The lowest BCUT2D eigenvalue weighted by Crippen LogP contribution is -2.12. The van der Waals surface area contributed by atoms with Crippen molar-refractivity contribution in [1.29, 1.82) is 0 Å². The Kier molecular flexibility index (Phi) is 6.30. The van der Waals surface area contributed by atoms with Crippen LogP contribution in [0.4, 0.5) is 0 Å². The topological polar surface area (TPSA) is 82.8 Å². The van der Waals surface area contributed by atoms with Gasteiger partial charge in [-0.05, 0) is 29.0 Å². The standard InChI is InChI=1S/C17H18ClN5O2S/c1-2-3-8-23-15(20-21-22-23)10-25-16(24)9-14-11-26-17(19-14)12-4-6-13(18)7-5-12/h4-7,11H,2-3,8-10H2,1H3. The predicted molar refractivity (Wildman–Crippen MR) is 98.8 cm³/mol. The van der Waals surface area contributed by atoms with Crippen molar-refractivity contribution in [1.82, 2.24) is 25.2 Å². The van der Waals surface area contributed by atoms with Crippen LogP contribution in [0.25, 0.3) is 10.6 Å². The van der Waals surface area contributed by atoms with Crippen molar-refractivity contribution in [3.63, 3.8) is 0 Å². The molecule has 9 heteroatoms. The Bertz CT molecular complexity index is 862. The zero-order valence-corrected chi connectivity index (χ0v) is 15.8. The highest BCUT2D eigenvalue weighted by Crippen LogP contribution is 2.25. The molecule has 0 atom stereocenters. The first kappa shape index (κ1) is 18.5. The maximum atomic E-state index is 12.1. The van der Waals surface area contributed by atoms with E-state index in [4.69, 9.17) is 16.3 Å². The molecule has 0 amide bonds. The van der Waals surface area contributed by atoms with E-state index in [2.05, 4.69) is 27.4 Å². The fourth-order valence-electron chi connectivity index (χ4n) is 2.27. The molecule has 26 heavy (non-hydrogen) atoms. The van der Waals surface area contributed by atoms with E-state index in [0.717, 1.165) is 23.4 Å². The number of nitrogens with zero attached hydrogens (tertiary/aromatic N) is 5. The normalized spacial score (nSPS) is 10.8. The second-order valence-electron chi connectivity index (χ2n) is 5.66. The summed E-state index contributed by atoms with van der Waals surface area (Å²) in [5.41, 5.74) is 1.64. The van der Waals surface area contributed by atoms with E-state index in [9.17, 15) is 4.79 Å². The van der Waals surface area contributed by atoms with Crippen LogP contribution in [0.2, 0.25) is 5.02 Å². The van der Waals surface area contributed by atoms with Gasteiger partial charge in [0.15, 0.2) is 12.4 Å². The number of hydrogen-bond donors (Lipinski definition) is 0. The maximum Gasteiger partial charge on any atom is 0.312 e. The molecule has 0 bridgehead atoms. The van der Waals surface area contributed by atoms with E-state index in [1.807, 2.05) is 29.6 Å². The zero-order chi connectivity index (χ0) is 18.4. The average Bonchev–Trinajstić information content (AvgIpc) is 3.28. The van der Waals surface area contributed by atoms with Gasteiger partial charge in [-0.25, -0.2) is 9.67 Å². The van der Waals surface area contributed by atoms with E-state index in [1.165, 1.54) is 11.3 Å². The highest BCUT2D eigenvalue weighted by molar-refractivity contribution is 7.13. The third-order valence-electron chi connectivity index (χ3n) is 3.66. The number of halogens is 1. The van der Waals surface area contributed by atoms with Gasteiger partial charge >= 0.3 is 5.97 Å². The summed E-state index contributed by atoms with van der Waals surface area (Å²) >= 11 is 7.37. The van der Waals surface area contributed by atoms with Crippen molar-refractivity contribution in [3.8, 4) is 10.6 Å². The van der Waals surface area contributed by atoms with Gasteiger partial charge < -0.3 is 4.74 Å². The van der Waals surface area contributed by atoms with Crippen molar-refractivity contribution in [2.75, 3.05) is 0 Å². The molecule has 3 aromatic rings. The van der Waals surface area contributed by atoms with E-state index in [0.29, 0.717) is 23.1 Å². The summed E-state index contributed by atoms with van der Waals surface area (Å²) in [6.45, 7) is 2.87. The summed E-state index contributed by atoms with van der Waals surface area (Å²) < 4.78 is 6.95. The second-order valence-corrected chi connectivity index (χ2v) is 6.95. The van der Waals surface area contributed by atoms with E-state index in [-0.39, 0.29) is 19.0 Å². The number of aryl methyl sites for hydroxylation is 1. The molecule has 0 aliphatic carbocycles. The number of hydrogen-bond acceptors (Lipinski definition) is 7. The molecule has 0 fully saturated rings. The van der Waals surface area contributed by atoms with Crippen LogP contribution in [0.3, 0.4) is 0 Å². The number of carbonyl (C=O) groups excluding carboxylic acids is 1. The van der Waals surface area contributed by atoms with Gasteiger partial charge in [-0.15, -0.1) is 16.4 Å². The summed E-state index contributed by atoms with van der Waals surface area (Å²) in [4.78, 5) is 16.6. The lowest BCUT2D eigenvalue weighted by atomic mass is 10.2. The second kappa shape index (κ2) is 8.86. The molecular weight excluding hydrogens is 374 g/mol. The lowest BCUT2D eigenvalue weighted by Gasteiger charge is -2.04. The fraction of sp³-hybridized carbons (Fsp3) is 0.353. The van der Waals surface area contributed by atoms with Gasteiger partial charge in [0.1, 0.15) is 5.01 Å². The monoisotopic (exact) mass is 391 g/mol. The largest absolute Gasteiger partial charge is 0.457 e. The molecule has 0 radical (unpaired) electrons. The summed E-state index contributed by atoms with van der Waals surface area (Å²) in [5, 5.41) is 14.8. The van der Waals surface area contributed by atoms with Gasteiger partial charge in [0.05, 0.1) is 12.1 Å². The van der Waals surface area contributed by atoms with Crippen LogP contribution in [0.15, 0.2) is 29.6 Å².